The van der Waals surface area contributed by atoms with E-state index in [1.165, 1.54) is 17.5 Å². The molecular weight excluding hydrogens is 248 g/mol. The lowest BCUT2D eigenvalue weighted by Gasteiger charge is -2.57. The lowest BCUT2D eigenvalue weighted by Crippen LogP contribution is -2.62. The summed E-state index contributed by atoms with van der Waals surface area (Å²) in [5.41, 5.74) is 5.36. The first kappa shape index (κ1) is 12.4. The van der Waals surface area contributed by atoms with Crippen LogP contribution in [0.3, 0.4) is 0 Å². The summed E-state index contributed by atoms with van der Waals surface area (Å²) in [5.74, 6) is 0.757. The van der Waals surface area contributed by atoms with Gasteiger partial charge in [-0.25, -0.2) is 4.98 Å². The third-order valence-corrected chi connectivity index (χ3v) is 6.05. The zero-order valence-electron chi connectivity index (χ0n) is 12.7. The van der Waals surface area contributed by atoms with Gasteiger partial charge in [-0.2, -0.15) is 0 Å². The van der Waals surface area contributed by atoms with Crippen molar-refractivity contribution in [3.8, 4) is 0 Å². The van der Waals surface area contributed by atoms with Crippen molar-refractivity contribution in [2.45, 2.75) is 52.0 Å². The quantitative estimate of drug-likeness (QED) is 0.798. The van der Waals surface area contributed by atoms with E-state index in [9.17, 15) is 0 Å². The molecule has 1 aromatic heterocycles. The molecule has 0 unspecified atom stereocenters. The number of fused-ring (bicyclic) bond motifs is 5. The number of piperidine rings is 1. The Kier molecular flexibility index (Phi) is 2.26. The van der Waals surface area contributed by atoms with Crippen LogP contribution in [0.25, 0.3) is 11.1 Å². The minimum atomic E-state index is 0.220. The molecule has 1 aliphatic carbocycles. The van der Waals surface area contributed by atoms with Crippen LogP contribution in [-0.2, 0) is 11.8 Å². The first-order valence-electron chi connectivity index (χ1n) is 7.56. The first-order valence-corrected chi connectivity index (χ1v) is 7.56. The number of hydrogen-bond acceptors (Lipinski definition) is 3. The van der Waals surface area contributed by atoms with Crippen molar-refractivity contribution in [3.63, 3.8) is 0 Å². The number of oxazole rings is 1. The van der Waals surface area contributed by atoms with Gasteiger partial charge in [-0.3, -0.25) is 0 Å². The van der Waals surface area contributed by atoms with Crippen LogP contribution in [0.15, 0.2) is 16.5 Å². The van der Waals surface area contributed by atoms with Crippen LogP contribution < -0.4 is 5.32 Å². The van der Waals surface area contributed by atoms with Gasteiger partial charge in [0.1, 0.15) is 5.52 Å². The third kappa shape index (κ3) is 1.37. The fourth-order valence-corrected chi connectivity index (χ4v) is 4.30. The predicted octanol–water partition coefficient (Wildman–Crippen LogP) is 3.34. The molecule has 1 aromatic carbocycles. The Bertz CT molecular complexity index is 700. The van der Waals surface area contributed by atoms with Crippen molar-refractivity contribution in [1.82, 2.24) is 10.3 Å². The number of hydrogen-bond donors (Lipinski definition) is 1. The number of aromatic nitrogens is 1. The number of rotatable bonds is 0. The van der Waals surface area contributed by atoms with Crippen LogP contribution in [0, 0.1) is 12.3 Å². The van der Waals surface area contributed by atoms with Gasteiger partial charge in [0.25, 0.3) is 0 Å². The molecule has 3 nitrogen and oxygen atoms in total. The third-order valence-electron chi connectivity index (χ3n) is 6.05. The van der Waals surface area contributed by atoms with E-state index in [4.69, 9.17) is 4.42 Å². The van der Waals surface area contributed by atoms with Crippen LogP contribution in [0.2, 0.25) is 0 Å². The highest BCUT2D eigenvalue weighted by molar-refractivity contribution is 5.76. The van der Waals surface area contributed by atoms with Gasteiger partial charge in [0, 0.05) is 18.4 Å². The van der Waals surface area contributed by atoms with E-state index in [2.05, 4.69) is 43.2 Å². The molecule has 4 rings (SSSR count). The Morgan fingerprint density at radius 3 is 2.90 bits per heavy atom. The maximum Gasteiger partial charge on any atom is 0.192 e. The monoisotopic (exact) mass is 270 g/mol. The zero-order valence-corrected chi connectivity index (χ0v) is 12.7. The highest BCUT2D eigenvalue weighted by atomic mass is 16.3. The zero-order chi connectivity index (χ0) is 14.1. The van der Waals surface area contributed by atoms with Crippen LogP contribution in [0.4, 0.5) is 0 Å². The summed E-state index contributed by atoms with van der Waals surface area (Å²) >= 11 is 0. The SMILES string of the molecule is Cc1nc2cc3c(cc2o1)C[C@H]1NCC[C@]3(C)C1(C)C. The first-order chi connectivity index (χ1) is 9.42. The standard InChI is InChI=1S/C17H22N2O/c1-10-19-13-9-12-11(7-14(13)20-10)8-15-16(2,3)17(12,4)5-6-18-15/h7,9,15,18H,5-6,8H2,1-4H3/t15-,17+/m1/s1. The van der Waals surface area contributed by atoms with Gasteiger partial charge in [0.2, 0.25) is 0 Å². The Morgan fingerprint density at radius 1 is 1.30 bits per heavy atom. The lowest BCUT2D eigenvalue weighted by molar-refractivity contribution is 0.0561. The van der Waals surface area contributed by atoms with Gasteiger partial charge in [-0.05, 0) is 48.1 Å². The maximum atomic E-state index is 5.71. The molecular formula is C17H22N2O. The van der Waals surface area contributed by atoms with Crippen molar-refractivity contribution in [2.24, 2.45) is 5.41 Å². The number of nitrogens with one attached hydrogen (secondary N) is 1. The van der Waals surface area contributed by atoms with Crippen molar-refractivity contribution in [1.29, 1.82) is 0 Å². The lowest BCUT2D eigenvalue weighted by atomic mass is 9.51. The molecule has 0 saturated carbocycles. The Hall–Kier alpha value is -1.35. The highest BCUT2D eigenvalue weighted by Crippen LogP contribution is 2.54. The van der Waals surface area contributed by atoms with Crippen LogP contribution >= 0.6 is 0 Å². The van der Waals surface area contributed by atoms with Gasteiger partial charge in [0.05, 0.1) is 0 Å². The highest BCUT2D eigenvalue weighted by Gasteiger charge is 2.53. The van der Waals surface area contributed by atoms with E-state index in [-0.39, 0.29) is 10.8 Å². The Balaban J connectivity index is 2.01. The van der Waals surface area contributed by atoms with Crippen molar-refractivity contribution in [3.05, 3.63) is 29.2 Å². The van der Waals surface area contributed by atoms with Gasteiger partial charge < -0.3 is 9.73 Å². The molecule has 2 bridgehead atoms. The molecule has 2 aliphatic rings. The fraction of sp³-hybridized carbons (Fsp3) is 0.588. The van der Waals surface area contributed by atoms with Gasteiger partial charge in [0.15, 0.2) is 11.5 Å². The van der Waals surface area contributed by atoms with E-state index in [1.54, 1.807) is 0 Å². The molecule has 1 saturated heterocycles. The number of nitrogens with zero attached hydrogens (tertiary/aromatic N) is 1. The summed E-state index contributed by atoms with van der Waals surface area (Å²) in [4.78, 5) is 4.52. The van der Waals surface area contributed by atoms with Gasteiger partial charge >= 0.3 is 0 Å². The summed E-state index contributed by atoms with van der Waals surface area (Å²) in [6.07, 6.45) is 2.28. The number of aryl methyl sites for hydroxylation is 1. The molecule has 3 heteroatoms. The molecule has 1 aliphatic heterocycles. The van der Waals surface area contributed by atoms with E-state index >= 15 is 0 Å². The maximum absolute atomic E-state index is 5.71. The van der Waals surface area contributed by atoms with E-state index < -0.39 is 0 Å². The largest absolute Gasteiger partial charge is 0.441 e. The minimum absolute atomic E-state index is 0.220. The molecule has 2 atom stereocenters. The molecule has 20 heavy (non-hydrogen) atoms. The predicted molar refractivity (Wildman–Crippen MR) is 80.0 cm³/mol. The molecule has 0 amide bonds. The molecule has 106 valence electrons. The minimum Gasteiger partial charge on any atom is -0.441 e. The second-order valence-electron chi connectivity index (χ2n) is 7.22. The number of benzene rings is 1. The normalized spacial score (nSPS) is 31.3. The van der Waals surface area contributed by atoms with Gasteiger partial charge in [-0.15, -0.1) is 0 Å². The summed E-state index contributed by atoms with van der Waals surface area (Å²) < 4.78 is 5.71. The molecule has 2 aromatic rings. The van der Waals surface area contributed by atoms with Crippen molar-refractivity contribution >= 4 is 11.1 Å². The molecule has 1 fully saturated rings. The average molecular weight is 270 g/mol. The summed E-state index contributed by atoms with van der Waals surface area (Å²) in [5, 5.41) is 3.71. The average Bonchev–Trinajstić information content (AvgIpc) is 2.71. The van der Waals surface area contributed by atoms with Crippen molar-refractivity contribution in [2.75, 3.05) is 6.54 Å². The molecule has 2 heterocycles. The molecule has 0 radical (unpaired) electrons. The summed E-state index contributed by atoms with van der Waals surface area (Å²) in [6.45, 7) is 10.3. The second kappa shape index (κ2) is 3.64. The van der Waals surface area contributed by atoms with E-state index in [1.807, 2.05) is 6.92 Å². The van der Waals surface area contributed by atoms with Crippen LogP contribution in [0.1, 0.15) is 44.2 Å². The van der Waals surface area contributed by atoms with Crippen LogP contribution in [0.5, 0.6) is 0 Å². The summed E-state index contributed by atoms with van der Waals surface area (Å²) in [7, 11) is 0. The van der Waals surface area contributed by atoms with Crippen molar-refractivity contribution < 1.29 is 4.42 Å². The fourth-order valence-electron chi connectivity index (χ4n) is 4.30. The van der Waals surface area contributed by atoms with Gasteiger partial charge in [-0.1, -0.05) is 20.8 Å². The second-order valence-corrected chi connectivity index (χ2v) is 7.22. The smallest absolute Gasteiger partial charge is 0.192 e. The summed E-state index contributed by atoms with van der Waals surface area (Å²) in [6, 6.07) is 5.05. The van der Waals surface area contributed by atoms with E-state index in [0.717, 1.165) is 30.0 Å². The topological polar surface area (TPSA) is 38.1 Å². The molecule has 0 spiro atoms. The van der Waals surface area contributed by atoms with Crippen LogP contribution in [-0.4, -0.2) is 17.6 Å². The molecule has 1 N–H and O–H groups in total. The Morgan fingerprint density at radius 2 is 2.10 bits per heavy atom. The van der Waals surface area contributed by atoms with E-state index in [0.29, 0.717) is 6.04 Å². The Labute approximate surface area is 119 Å².